The van der Waals surface area contributed by atoms with Crippen molar-refractivity contribution in [1.82, 2.24) is 4.98 Å². The fourth-order valence-corrected chi connectivity index (χ4v) is 3.34. The number of aromatic nitrogens is 1. The van der Waals surface area contributed by atoms with Gasteiger partial charge < -0.3 is 14.4 Å². The number of benzene rings is 1. The van der Waals surface area contributed by atoms with Crippen molar-refractivity contribution < 1.29 is 14.3 Å². The number of esters is 1. The predicted octanol–water partition coefficient (Wildman–Crippen LogP) is 3.65. The third-order valence-electron chi connectivity index (χ3n) is 4.64. The van der Waals surface area contributed by atoms with Crippen molar-refractivity contribution in [3.8, 4) is 5.75 Å². The van der Waals surface area contributed by atoms with Crippen LogP contribution in [0.15, 0.2) is 42.6 Å². The first-order chi connectivity index (χ1) is 12.2. The summed E-state index contributed by atoms with van der Waals surface area (Å²) in [6.07, 6.45) is 3.77. The van der Waals surface area contributed by atoms with Crippen molar-refractivity contribution in [2.24, 2.45) is 0 Å². The fourth-order valence-electron chi connectivity index (χ4n) is 3.34. The predicted molar refractivity (Wildman–Crippen MR) is 97.4 cm³/mol. The summed E-state index contributed by atoms with van der Waals surface area (Å²) in [5.41, 5.74) is 1.86. The molecule has 0 amide bonds. The summed E-state index contributed by atoms with van der Waals surface area (Å²) in [6, 6.07) is 11.8. The number of hydrogen-bond acceptors (Lipinski definition) is 5. The number of anilines is 1. The van der Waals surface area contributed by atoms with Crippen molar-refractivity contribution in [1.29, 1.82) is 0 Å². The summed E-state index contributed by atoms with van der Waals surface area (Å²) in [4.78, 5) is 18.8. The Hall–Kier alpha value is -2.56. The number of rotatable bonds is 5. The van der Waals surface area contributed by atoms with Gasteiger partial charge in [0.1, 0.15) is 17.1 Å². The molecule has 132 valence electrons. The summed E-state index contributed by atoms with van der Waals surface area (Å²) in [7, 11) is 1.69. The number of piperidine rings is 1. The van der Waals surface area contributed by atoms with Crippen molar-refractivity contribution in [2.75, 3.05) is 31.7 Å². The Kier molecular flexibility index (Phi) is 5.53. The van der Waals surface area contributed by atoms with Gasteiger partial charge in [-0.2, -0.15) is 0 Å². The minimum absolute atomic E-state index is 0.305. The first kappa shape index (κ1) is 17.3. The van der Waals surface area contributed by atoms with E-state index in [0.29, 0.717) is 18.1 Å². The van der Waals surface area contributed by atoms with Gasteiger partial charge in [0, 0.05) is 19.3 Å². The Morgan fingerprint density at radius 3 is 2.76 bits per heavy atom. The zero-order valence-electron chi connectivity index (χ0n) is 14.8. The standard InChI is InChI=1S/C20H24N2O3/c1-3-25-20(23)18-8-5-11-21-19(18)22-12-9-15(10-13-22)16-6-4-7-17(14-16)24-2/h4-8,11,14-15H,3,9-10,12-13H2,1-2H3. The molecule has 1 fully saturated rings. The highest BCUT2D eigenvalue weighted by Gasteiger charge is 2.25. The van der Waals surface area contributed by atoms with E-state index in [4.69, 9.17) is 9.47 Å². The number of carbonyl (C=O) groups excluding carboxylic acids is 1. The zero-order valence-corrected chi connectivity index (χ0v) is 14.8. The number of methoxy groups -OCH3 is 1. The van der Waals surface area contributed by atoms with Crippen LogP contribution in [-0.4, -0.2) is 37.8 Å². The number of ether oxygens (including phenoxy) is 2. The Balaban J connectivity index is 1.71. The third kappa shape index (κ3) is 3.92. The lowest BCUT2D eigenvalue weighted by atomic mass is 9.89. The largest absolute Gasteiger partial charge is 0.497 e. The van der Waals surface area contributed by atoms with Crippen LogP contribution in [0.4, 0.5) is 5.82 Å². The second kappa shape index (κ2) is 8.01. The van der Waals surface area contributed by atoms with Crippen LogP contribution in [0.25, 0.3) is 0 Å². The minimum atomic E-state index is -0.305. The van der Waals surface area contributed by atoms with Crippen LogP contribution in [0, 0.1) is 0 Å². The number of carbonyl (C=O) groups is 1. The van der Waals surface area contributed by atoms with Gasteiger partial charge in [-0.15, -0.1) is 0 Å². The average molecular weight is 340 g/mol. The zero-order chi connectivity index (χ0) is 17.6. The van der Waals surface area contributed by atoms with E-state index in [1.165, 1.54) is 5.56 Å². The lowest BCUT2D eigenvalue weighted by molar-refractivity contribution is 0.0526. The lowest BCUT2D eigenvalue weighted by Gasteiger charge is -2.33. The Labute approximate surface area is 148 Å². The molecule has 0 bridgehead atoms. The summed E-state index contributed by atoms with van der Waals surface area (Å²) in [5.74, 6) is 1.82. The Morgan fingerprint density at radius 2 is 2.04 bits per heavy atom. The van der Waals surface area contributed by atoms with E-state index in [-0.39, 0.29) is 5.97 Å². The Morgan fingerprint density at radius 1 is 1.24 bits per heavy atom. The molecule has 0 spiro atoms. The molecule has 2 aromatic rings. The molecule has 1 saturated heterocycles. The van der Waals surface area contributed by atoms with Crippen LogP contribution in [0.5, 0.6) is 5.75 Å². The molecular weight excluding hydrogens is 316 g/mol. The van der Waals surface area contributed by atoms with Gasteiger partial charge in [-0.05, 0) is 55.5 Å². The molecule has 0 N–H and O–H groups in total. The van der Waals surface area contributed by atoms with E-state index in [1.54, 1.807) is 25.4 Å². The van der Waals surface area contributed by atoms with Gasteiger partial charge in [0.2, 0.25) is 0 Å². The van der Waals surface area contributed by atoms with Crippen LogP contribution in [0.3, 0.4) is 0 Å². The van der Waals surface area contributed by atoms with Gasteiger partial charge in [0.25, 0.3) is 0 Å². The summed E-state index contributed by atoms with van der Waals surface area (Å²) < 4.78 is 10.5. The van der Waals surface area contributed by atoms with Crippen molar-refractivity contribution >= 4 is 11.8 Å². The van der Waals surface area contributed by atoms with Gasteiger partial charge in [-0.3, -0.25) is 0 Å². The van der Waals surface area contributed by atoms with Gasteiger partial charge in [-0.1, -0.05) is 12.1 Å². The molecule has 0 radical (unpaired) electrons. The molecule has 0 aliphatic carbocycles. The molecule has 25 heavy (non-hydrogen) atoms. The van der Waals surface area contributed by atoms with E-state index >= 15 is 0 Å². The van der Waals surface area contributed by atoms with Crippen LogP contribution in [-0.2, 0) is 4.74 Å². The molecule has 0 atom stereocenters. The van der Waals surface area contributed by atoms with Crippen molar-refractivity contribution in [3.05, 3.63) is 53.7 Å². The molecular formula is C20H24N2O3. The van der Waals surface area contributed by atoms with Crippen LogP contribution >= 0.6 is 0 Å². The van der Waals surface area contributed by atoms with Crippen molar-refractivity contribution in [3.63, 3.8) is 0 Å². The van der Waals surface area contributed by atoms with Gasteiger partial charge in [0.05, 0.1) is 13.7 Å². The van der Waals surface area contributed by atoms with Crippen LogP contribution < -0.4 is 9.64 Å². The number of pyridine rings is 1. The summed E-state index contributed by atoms with van der Waals surface area (Å²) in [5, 5.41) is 0. The molecule has 3 rings (SSSR count). The highest BCUT2D eigenvalue weighted by atomic mass is 16.5. The molecule has 0 unspecified atom stereocenters. The fraction of sp³-hybridized carbons (Fsp3) is 0.400. The molecule has 1 aromatic carbocycles. The monoisotopic (exact) mass is 340 g/mol. The number of hydrogen-bond donors (Lipinski definition) is 0. The third-order valence-corrected chi connectivity index (χ3v) is 4.64. The summed E-state index contributed by atoms with van der Waals surface area (Å²) in [6.45, 7) is 3.91. The molecule has 1 aromatic heterocycles. The maximum atomic E-state index is 12.2. The van der Waals surface area contributed by atoms with E-state index < -0.39 is 0 Å². The first-order valence-electron chi connectivity index (χ1n) is 8.74. The molecule has 1 aliphatic heterocycles. The number of nitrogens with zero attached hydrogens (tertiary/aromatic N) is 2. The van der Waals surface area contributed by atoms with Crippen molar-refractivity contribution in [2.45, 2.75) is 25.7 Å². The average Bonchev–Trinajstić information content (AvgIpc) is 2.68. The normalized spacial score (nSPS) is 15.0. The van der Waals surface area contributed by atoms with Gasteiger partial charge in [0.15, 0.2) is 0 Å². The van der Waals surface area contributed by atoms with E-state index in [2.05, 4.69) is 22.0 Å². The van der Waals surface area contributed by atoms with E-state index in [0.717, 1.165) is 37.5 Å². The first-order valence-corrected chi connectivity index (χ1v) is 8.74. The molecule has 5 nitrogen and oxygen atoms in total. The highest BCUT2D eigenvalue weighted by molar-refractivity contribution is 5.94. The lowest BCUT2D eigenvalue weighted by Crippen LogP contribution is -2.34. The van der Waals surface area contributed by atoms with Crippen LogP contribution in [0.2, 0.25) is 0 Å². The molecule has 5 heteroatoms. The molecule has 2 heterocycles. The maximum absolute atomic E-state index is 12.2. The second-order valence-electron chi connectivity index (χ2n) is 6.13. The van der Waals surface area contributed by atoms with Gasteiger partial charge in [-0.25, -0.2) is 9.78 Å². The summed E-state index contributed by atoms with van der Waals surface area (Å²) >= 11 is 0. The van der Waals surface area contributed by atoms with Gasteiger partial charge >= 0.3 is 5.97 Å². The van der Waals surface area contributed by atoms with Crippen LogP contribution in [0.1, 0.15) is 41.6 Å². The molecule has 1 aliphatic rings. The van der Waals surface area contributed by atoms with E-state index in [9.17, 15) is 4.79 Å². The second-order valence-corrected chi connectivity index (χ2v) is 6.13. The Bertz CT molecular complexity index is 724. The topological polar surface area (TPSA) is 51.7 Å². The SMILES string of the molecule is CCOC(=O)c1cccnc1N1CCC(c2cccc(OC)c2)CC1. The molecule has 0 saturated carbocycles. The van der Waals surface area contributed by atoms with E-state index in [1.807, 2.05) is 19.1 Å². The quantitative estimate of drug-likeness (QED) is 0.778. The maximum Gasteiger partial charge on any atom is 0.341 e. The highest BCUT2D eigenvalue weighted by Crippen LogP contribution is 2.32. The smallest absolute Gasteiger partial charge is 0.341 e. The minimum Gasteiger partial charge on any atom is -0.497 e.